The fourth-order valence-corrected chi connectivity index (χ4v) is 3.22. The summed E-state index contributed by atoms with van der Waals surface area (Å²) in [4.78, 5) is 29.1. The Morgan fingerprint density at radius 1 is 1.36 bits per heavy atom. The number of benzene rings is 1. The van der Waals surface area contributed by atoms with Gasteiger partial charge in [0.15, 0.2) is 10.9 Å². The van der Waals surface area contributed by atoms with Gasteiger partial charge in [0.25, 0.3) is 5.56 Å². The molecule has 1 atom stereocenters. The van der Waals surface area contributed by atoms with Gasteiger partial charge < -0.3 is 10.3 Å². The number of hydrogen-bond acceptors (Lipinski definition) is 4. The quantitative estimate of drug-likeness (QED) is 0.562. The van der Waals surface area contributed by atoms with Crippen molar-refractivity contribution in [1.82, 2.24) is 9.97 Å². The summed E-state index contributed by atoms with van der Waals surface area (Å²) >= 11 is 4.06. The number of rotatable bonds is 4. The van der Waals surface area contributed by atoms with Crippen LogP contribution in [-0.4, -0.2) is 21.1 Å². The van der Waals surface area contributed by atoms with E-state index in [1.54, 1.807) is 6.07 Å². The zero-order valence-electron chi connectivity index (χ0n) is 13.1. The predicted molar refractivity (Wildman–Crippen MR) is 92.7 cm³/mol. The number of thioether (sulfide) groups is 1. The van der Waals surface area contributed by atoms with Crippen LogP contribution in [0.1, 0.15) is 18.2 Å². The van der Waals surface area contributed by atoms with Gasteiger partial charge in [0.2, 0.25) is 5.91 Å². The van der Waals surface area contributed by atoms with E-state index in [9.17, 15) is 22.8 Å². The molecular formula is C15H13BrF3N3O2S. The third-order valence-corrected chi connectivity index (χ3v) is 4.69. The average Bonchev–Trinajstić information content (AvgIpc) is 2.48. The Morgan fingerprint density at radius 2 is 2.04 bits per heavy atom. The molecule has 0 spiro atoms. The van der Waals surface area contributed by atoms with Crippen LogP contribution >= 0.6 is 27.7 Å². The summed E-state index contributed by atoms with van der Waals surface area (Å²) in [7, 11) is 0. The Labute approximate surface area is 153 Å². The third kappa shape index (κ3) is 5.33. The smallest absolute Gasteiger partial charge is 0.324 e. The molecule has 2 N–H and O–H groups in total. The van der Waals surface area contributed by atoms with Crippen molar-refractivity contribution < 1.29 is 18.0 Å². The molecule has 0 aliphatic heterocycles. The van der Waals surface area contributed by atoms with Crippen molar-refractivity contribution in [3.63, 3.8) is 0 Å². The molecule has 2 rings (SSSR count). The molecule has 0 saturated carbocycles. The number of amides is 1. The first-order chi connectivity index (χ1) is 11.6. The minimum Gasteiger partial charge on any atom is -0.324 e. The lowest BCUT2D eigenvalue weighted by atomic mass is 10.2. The number of aryl methyl sites for hydroxylation is 1. The molecule has 1 unspecified atom stereocenters. The first-order valence-corrected chi connectivity index (χ1v) is 8.66. The Balaban J connectivity index is 2.13. The predicted octanol–water partition coefficient (Wildman–Crippen LogP) is 3.98. The number of hydrogen-bond donors (Lipinski definition) is 2. The zero-order chi connectivity index (χ0) is 18.8. The van der Waals surface area contributed by atoms with Gasteiger partial charge in [0.1, 0.15) is 0 Å². The average molecular weight is 436 g/mol. The van der Waals surface area contributed by atoms with Crippen molar-refractivity contribution in [2.75, 3.05) is 5.32 Å². The summed E-state index contributed by atoms with van der Waals surface area (Å²) in [5.74, 6) is -0.436. The molecule has 25 heavy (non-hydrogen) atoms. The maximum atomic E-state index is 12.7. The molecular weight excluding hydrogens is 423 g/mol. The van der Waals surface area contributed by atoms with Gasteiger partial charge in [0, 0.05) is 10.5 Å². The molecule has 0 bridgehead atoms. The van der Waals surface area contributed by atoms with Crippen LogP contribution in [0.25, 0.3) is 0 Å². The van der Waals surface area contributed by atoms with Crippen LogP contribution in [0, 0.1) is 6.92 Å². The summed E-state index contributed by atoms with van der Waals surface area (Å²) in [5, 5.41) is 1.62. The molecule has 5 nitrogen and oxygen atoms in total. The van der Waals surface area contributed by atoms with E-state index in [-0.39, 0.29) is 5.16 Å². The van der Waals surface area contributed by atoms with Crippen LogP contribution in [0.15, 0.2) is 38.7 Å². The van der Waals surface area contributed by atoms with Crippen LogP contribution in [-0.2, 0) is 11.0 Å². The zero-order valence-corrected chi connectivity index (χ0v) is 15.5. The number of nitrogens with one attached hydrogen (secondary N) is 2. The first-order valence-electron chi connectivity index (χ1n) is 6.98. The van der Waals surface area contributed by atoms with Crippen molar-refractivity contribution in [3.05, 3.63) is 50.3 Å². The summed E-state index contributed by atoms with van der Waals surface area (Å²) in [6.45, 7) is 3.40. The highest BCUT2D eigenvalue weighted by Gasteiger charge is 2.33. The number of anilines is 1. The second kappa shape index (κ2) is 7.61. The topological polar surface area (TPSA) is 74.8 Å². The van der Waals surface area contributed by atoms with E-state index in [0.29, 0.717) is 16.2 Å². The van der Waals surface area contributed by atoms with E-state index < -0.39 is 28.6 Å². The first kappa shape index (κ1) is 19.5. The van der Waals surface area contributed by atoms with Crippen LogP contribution in [0.4, 0.5) is 18.9 Å². The lowest BCUT2D eigenvalue weighted by molar-refractivity contribution is -0.141. The van der Waals surface area contributed by atoms with Crippen molar-refractivity contribution >= 4 is 39.3 Å². The minimum atomic E-state index is -4.73. The van der Waals surface area contributed by atoms with Crippen LogP contribution in [0.3, 0.4) is 0 Å². The van der Waals surface area contributed by atoms with E-state index in [0.717, 1.165) is 17.3 Å². The molecule has 1 aromatic carbocycles. The lowest BCUT2D eigenvalue weighted by Gasteiger charge is -2.13. The highest BCUT2D eigenvalue weighted by atomic mass is 79.9. The van der Waals surface area contributed by atoms with Gasteiger partial charge in [-0.25, -0.2) is 4.98 Å². The number of H-pyrrole nitrogens is 1. The maximum Gasteiger partial charge on any atom is 0.433 e. The Morgan fingerprint density at radius 3 is 2.64 bits per heavy atom. The van der Waals surface area contributed by atoms with E-state index in [1.807, 2.05) is 19.1 Å². The fraction of sp³-hybridized carbons (Fsp3) is 0.267. The number of carbonyl (C=O) groups excluding carboxylic acids is 1. The van der Waals surface area contributed by atoms with Gasteiger partial charge >= 0.3 is 6.18 Å². The van der Waals surface area contributed by atoms with Crippen molar-refractivity contribution in [2.24, 2.45) is 0 Å². The molecule has 134 valence electrons. The van der Waals surface area contributed by atoms with Gasteiger partial charge in [-0.1, -0.05) is 17.8 Å². The van der Waals surface area contributed by atoms with Crippen molar-refractivity contribution in [2.45, 2.75) is 30.4 Å². The largest absolute Gasteiger partial charge is 0.433 e. The maximum absolute atomic E-state index is 12.7. The Kier molecular flexibility index (Phi) is 5.94. The highest BCUT2D eigenvalue weighted by molar-refractivity contribution is 9.10. The second-order valence-electron chi connectivity index (χ2n) is 5.17. The molecule has 1 aromatic heterocycles. The SMILES string of the molecule is Cc1ccc(NC(=O)C(C)Sc2nc(C(F)(F)F)cc(=O)[nH]2)c(Br)c1. The lowest BCUT2D eigenvalue weighted by Crippen LogP contribution is -2.24. The number of aromatic amines is 1. The van der Waals surface area contributed by atoms with Gasteiger partial charge in [-0.05, 0) is 47.5 Å². The number of carbonyl (C=O) groups is 1. The second-order valence-corrected chi connectivity index (χ2v) is 7.35. The molecule has 0 aliphatic carbocycles. The van der Waals surface area contributed by atoms with E-state index in [2.05, 4.69) is 31.2 Å². The van der Waals surface area contributed by atoms with Crippen LogP contribution in [0.5, 0.6) is 0 Å². The van der Waals surface area contributed by atoms with Crippen molar-refractivity contribution in [1.29, 1.82) is 0 Å². The molecule has 0 radical (unpaired) electrons. The number of halogens is 4. The number of alkyl halides is 3. The Hall–Kier alpha value is -1.81. The summed E-state index contributed by atoms with van der Waals surface area (Å²) in [6.07, 6.45) is -4.73. The van der Waals surface area contributed by atoms with Gasteiger partial charge in [-0.15, -0.1) is 0 Å². The fourth-order valence-electron chi connectivity index (χ4n) is 1.81. The van der Waals surface area contributed by atoms with Gasteiger partial charge in [0.05, 0.1) is 10.9 Å². The van der Waals surface area contributed by atoms with Gasteiger partial charge in [-0.3, -0.25) is 9.59 Å². The van der Waals surface area contributed by atoms with E-state index >= 15 is 0 Å². The standard InChI is InChI=1S/C15H13BrF3N3O2S/c1-7-3-4-10(9(16)5-7)20-13(24)8(2)25-14-21-11(15(17,18)19)6-12(23)22-14/h3-6,8H,1-2H3,(H,20,24)(H,21,22,23). The van der Waals surface area contributed by atoms with Crippen LogP contribution < -0.4 is 10.9 Å². The molecule has 0 aliphatic rings. The highest BCUT2D eigenvalue weighted by Crippen LogP contribution is 2.29. The van der Waals surface area contributed by atoms with Crippen molar-refractivity contribution in [3.8, 4) is 0 Å². The minimum absolute atomic E-state index is 0.273. The normalized spacial score (nSPS) is 12.7. The molecule has 1 amide bonds. The third-order valence-electron chi connectivity index (χ3n) is 3.05. The van der Waals surface area contributed by atoms with Gasteiger partial charge in [-0.2, -0.15) is 13.2 Å². The monoisotopic (exact) mass is 435 g/mol. The Bertz CT molecular complexity index is 855. The summed E-state index contributed by atoms with van der Waals surface area (Å²) in [6, 6.07) is 5.71. The van der Waals surface area contributed by atoms with E-state index in [4.69, 9.17) is 0 Å². The van der Waals surface area contributed by atoms with Crippen LogP contribution in [0.2, 0.25) is 0 Å². The summed E-state index contributed by atoms with van der Waals surface area (Å²) in [5.41, 5.74) is -0.696. The van der Waals surface area contributed by atoms with E-state index in [1.165, 1.54) is 6.92 Å². The molecule has 0 saturated heterocycles. The number of aromatic nitrogens is 2. The molecule has 0 fully saturated rings. The molecule has 1 heterocycles. The number of nitrogens with zero attached hydrogens (tertiary/aromatic N) is 1. The summed E-state index contributed by atoms with van der Waals surface area (Å²) < 4.78 is 38.8. The molecule has 10 heteroatoms. The molecule has 2 aromatic rings.